The lowest BCUT2D eigenvalue weighted by atomic mass is 10.2. The third-order valence-electron chi connectivity index (χ3n) is 4.54. The van der Waals surface area contributed by atoms with E-state index in [4.69, 9.17) is 4.74 Å². The maximum absolute atomic E-state index is 12.1. The zero-order valence-corrected chi connectivity index (χ0v) is 16.7. The number of nitrogens with one attached hydrogen (secondary N) is 2. The van der Waals surface area contributed by atoms with Crippen molar-refractivity contribution in [3.8, 4) is 5.75 Å². The fourth-order valence-electron chi connectivity index (χ4n) is 2.91. The van der Waals surface area contributed by atoms with Gasteiger partial charge in [0.15, 0.2) is 0 Å². The van der Waals surface area contributed by atoms with Gasteiger partial charge in [0.1, 0.15) is 5.75 Å². The number of nitrogens with zero attached hydrogens (tertiary/aromatic N) is 1. The Morgan fingerprint density at radius 2 is 1.62 bits per heavy atom. The molecule has 3 aromatic rings. The minimum absolute atomic E-state index is 0.00180. The Bertz CT molecular complexity index is 896. The molecule has 2 N–H and O–H groups in total. The normalized spacial score (nSPS) is 10.5. The van der Waals surface area contributed by atoms with Gasteiger partial charge in [0.05, 0.1) is 6.61 Å². The van der Waals surface area contributed by atoms with Crippen molar-refractivity contribution < 1.29 is 9.53 Å². The molecule has 0 aliphatic heterocycles. The molecule has 0 radical (unpaired) electrons. The highest BCUT2D eigenvalue weighted by Crippen LogP contribution is 2.16. The van der Waals surface area contributed by atoms with Crippen LogP contribution in [0.5, 0.6) is 5.75 Å². The highest BCUT2D eigenvalue weighted by molar-refractivity contribution is 5.90. The van der Waals surface area contributed by atoms with Crippen LogP contribution in [0.3, 0.4) is 0 Å². The highest BCUT2D eigenvalue weighted by Gasteiger charge is 2.04. The Kier molecular flexibility index (Phi) is 7.78. The number of hydrogen-bond donors (Lipinski definition) is 2. The van der Waals surface area contributed by atoms with Crippen molar-refractivity contribution >= 4 is 11.6 Å². The van der Waals surface area contributed by atoms with Crippen LogP contribution in [0.25, 0.3) is 0 Å². The number of ether oxygens (including phenoxy) is 1. The molecule has 0 aliphatic carbocycles. The minimum Gasteiger partial charge on any atom is -0.493 e. The Balaban J connectivity index is 1.34. The molecule has 0 saturated heterocycles. The largest absolute Gasteiger partial charge is 0.493 e. The standard InChI is InChI=1S/C24H27N3O2/c1-19-5-2-3-6-23(19)29-16-4-7-24(28)27-22-10-8-20(9-11-22)17-26-18-21-12-14-25-15-13-21/h2-3,5-6,8-15,26H,4,7,16-18H2,1H3,(H,27,28). The first-order valence-corrected chi connectivity index (χ1v) is 9.87. The Morgan fingerprint density at radius 1 is 0.931 bits per heavy atom. The Hall–Kier alpha value is -3.18. The number of carbonyl (C=O) groups is 1. The SMILES string of the molecule is Cc1ccccc1OCCCC(=O)Nc1ccc(CNCc2ccncc2)cc1. The summed E-state index contributed by atoms with van der Waals surface area (Å²) in [6.07, 6.45) is 4.70. The monoisotopic (exact) mass is 389 g/mol. The second-order valence-electron chi connectivity index (χ2n) is 6.92. The van der Waals surface area contributed by atoms with E-state index in [1.807, 2.05) is 67.6 Å². The number of hydrogen-bond acceptors (Lipinski definition) is 4. The molecule has 0 fully saturated rings. The van der Waals surface area contributed by atoms with Gasteiger partial charge < -0.3 is 15.4 Å². The van der Waals surface area contributed by atoms with Crippen LogP contribution in [0.2, 0.25) is 0 Å². The summed E-state index contributed by atoms with van der Waals surface area (Å²) in [4.78, 5) is 16.1. The minimum atomic E-state index is 0.00180. The molecule has 29 heavy (non-hydrogen) atoms. The van der Waals surface area contributed by atoms with Gasteiger partial charge >= 0.3 is 0 Å². The molecule has 1 aromatic heterocycles. The molecule has 1 heterocycles. The Morgan fingerprint density at radius 3 is 2.34 bits per heavy atom. The van der Waals surface area contributed by atoms with E-state index in [1.54, 1.807) is 12.4 Å². The molecule has 0 bridgehead atoms. The van der Waals surface area contributed by atoms with Gasteiger partial charge in [0.25, 0.3) is 0 Å². The fraction of sp³-hybridized carbons (Fsp3) is 0.250. The summed E-state index contributed by atoms with van der Waals surface area (Å²) in [5.74, 6) is 0.878. The van der Waals surface area contributed by atoms with Gasteiger partial charge in [0.2, 0.25) is 5.91 Å². The first-order valence-electron chi connectivity index (χ1n) is 9.87. The topological polar surface area (TPSA) is 63.2 Å². The molecular formula is C24H27N3O2. The van der Waals surface area contributed by atoms with Crippen LogP contribution >= 0.6 is 0 Å². The Labute approximate surface area is 172 Å². The van der Waals surface area contributed by atoms with Crippen LogP contribution in [0.15, 0.2) is 73.1 Å². The summed E-state index contributed by atoms with van der Waals surface area (Å²) in [6.45, 7) is 4.11. The average molecular weight is 389 g/mol. The molecular weight excluding hydrogens is 362 g/mol. The van der Waals surface area contributed by atoms with Crippen molar-refractivity contribution in [1.29, 1.82) is 0 Å². The first-order chi connectivity index (χ1) is 14.2. The second-order valence-corrected chi connectivity index (χ2v) is 6.92. The third kappa shape index (κ3) is 7.05. The number of para-hydroxylation sites is 1. The van der Waals surface area contributed by atoms with Crippen molar-refractivity contribution in [3.63, 3.8) is 0 Å². The zero-order chi connectivity index (χ0) is 20.3. The van der Waals surface area contributed by atoms with E-state index in [-0.39, 0.29) is 5.91 Å². The molecule has 150 valence electrons. The van der Waals surface area contributed by atoms with Gasteiger partial charge in [-0.3, -0.25) is 9.78 Å². The van der Waals surface area contributed by atoms with Gasteiger partial charge in [-0.25, -0.2) is 0 Å². The van der Waals surface area contributed by atoms with E-state index in [0.717, 1.165) is 30.1 Å². The maximum atomic E-state index is 12.1. The lowest BCUT2D eigenvalue weighted by molar-refractivity contribution is -0.116. The number of rotatable bonds is 10. The van der Waals surface area contributed by atoms with E-state index in [0.29, 0.717) is 19.4 Å². The molecule has 0 saturated carbocycles. The van der Waals surface area contributed by atoms with Crippen LogP contribution in [-0.2, 0) is 17.9 Å². The van der Waals surface area contributed by atoms with Gasteiger partial charge in [-0.2, -0.15) is 0 Å². The van der Waals surface area contributed by atoms with Gasteiger partial charge in [0, 0.05) is 37.6 Å². The summed E-state index contributed by atoms with van der Waals surface area (Å²) < 4.78 is 5.73. The predicted molar refractivity (Wildman–Crippen MR) is 116 cm³/mol. The first kappa shape index (κ1) is 20.6. The summed E-state index contributed by atoms with van der Waals surface area (Å²) in [5.41, 5.74) is 4.29. The molecule has 0 unspecified atom stereocenters. The van der Waals surface area contributed by atoms with Gasteiger partial charge in [-0.15, -0.1) is 0 Å². The average Bonchev–Trinajstić information content (AvgIpc) is 2.74. The molecule has 0 aliphatic rings. The lowest BCUT2D eigenvalue weighted by Crippen LogP contribution is -2.14. The summed E-state index contributed by atoms with van der Waals surface area (Å²) in [6, 6.07) is 19.8. The maximum Gasteiger partial charge on any atom is 0.224 e. The number of aromatic nitrogens is 1. The molecule has 2 aromatic carbocycles. The highest BCUT2D eigenvalue weighted by atomic mass is 16.5. The van der Waals surface area contributed by atoms with E-state index < -0.39 is 0 Å². The quantitative estimate of drug-likeness (QED) is 0.502. The van der Waals surface area contributed by atoms with Gasteiger partial charge in [-0.1, -0.05) is 30.3 Å². The predicted octanol–water partition coefficient (Wildman–Crippen LogP) is 4.48. The number of aryl methyl sites for hydroxylation is 1. The van der Waals surface area contributed by atoms with E-state index in [9.17, 15) is 4.79 Å². The molecule has 5 nitrogen and oxygen atoms in total. The van der Waals surface area contributed by atoms with E-state index in [1.165, 1.54) is 11.1 Å². The molecule has 1 amide bonds. The van der Waals surface area contributed by atoms with Crippen molar-refractivity contribution in [2.45, 2.75) is 32.9 Å². The second kappa shape index (κ2) is 11.0. The van der Waals surface area contributed by atoms with Crippen LogP contribution in [-0.4, -0.2) is 17.5 Å². The van der Waals surface area contributed by atoms with Crippen LogP contribution in [0.1, 0.15) is 29.5 Å². The number of carbonyl (C=O) groups excluding carboxylic acids is 1. The van der Waals surface area contributed by atoms with Crippen molar-refractivity contribution in [2.75, 3.05) is 11.9 Å². The summed E-state index contributed by atoms with van der Waals surface area (Å²) in [5, 5.41) is 6.34. The summed E-state index contributed by atoms with van der Waals surface area (Å²) in [7, 11) is 0. The van der Waals surface area contributed by atoms with Crippen molar-refractivity contribution in [2.24, 2.45) is 0 Å². The molecule has 0 spiro atoms. The van der Waals surface area contributed by atoms with Crippen molar-refractivity contribution in [3.05, 3.63) is 89.7 Å². The number of anilines is 1. The third-order valence-corrected chi connectivity index (χ3v) is 4.54. The number of pyridine rings is 1. The van der Waals surface area contributed by atoms with Gasteiger partial charge in [-0.05, 0) is 60.4 Å². The lowest BCUT2D eigenvalue weighted by Gasteiger charge is -2.09. The van der Waals surface area contributed by atoms with Crippen LogP contribution < -0.4 is 15.4 Å². The molecule has 0 atom stereocenters. The molecule has 3 rings (SSSR count). The van der Waals surface area contributed by atoms with E-state index in [2.05, 4.69) is 15.6 Å². The summed E-state index contributed by atoms with van der Waals surface area (Å²) >= 11 is 0. The van der Waals surface area contributed by atoms with Crippen LogP contribution in [0, 0.1) is 6.92 Å². The zero-order valence-electron chi connectivity index (χ0n) is 16.7. The fourth-order valence-corrected chi connectivity index (χ4v) is 2.91. The molecule has 5 heteroatoms. The van der Waals surface area contributed by atoms with E-state index >= 15 is 0 Å². The smallest absolute Gasteiger partial charge is 0.224 e. The van der Waals surface area contributed by atoms with Crippen molar-refractivity contribution in [1.82, 2.24) is 10.3 Å². The van der Waals surface area contributed by atoms with Crippen LogP contribution in [0.4, 0.5) is 5.69 Å². The number of benzene rings is 2. The number of amides is 1.